The van der Waals surface area contributed by atoms with E-state index in [0.29, 0.717) is 22.9 Å². The predicted molar refractivity (Wildman–Crippen MR) is 113 cm³/mol. The van der Waals surface area contributed by atoms with Gasteiger partial charge in [-0.25, -0.2) is 9.67 Å². The molecule has 8 nitrogen and oxygen atoms in total. The first kappa shape index (κ1) is 19.0. The molecule has 0 fully saturated rings. The number of hydrogen-bond acceptors (Lipinski definition) is 7. The number of amides is 1. The minimum absolute atomic E-state index is 0.00621. The standard InChI is InChI=1S/C19H15N5O3S2/c1-12-9-17(23(22-12)14-4-6-15(7-5-14)24(26)27)21-18(25)10-13-11-29-19(20-13)16-3-2-8-28-16/h2-9,11H,10H2,1H3,(H,21,25). The zero-order valence-corrected chi connectivity index (χ0v) is 16.9. The summed E-state index contributed by atoms with van der Waals surface area (Å²) in [6.07, 6.45) is 0.145. The van der Waals surface area contributed by atoms with Crippen LogP contribution in [0.5, 0.6) is 0 Å². The van der Waals surface area contributed by atoms with Gasteiger partial charge in [0.15, 0.2) is 0 Å². The van der Waals surface area contributed by atoms with Crippen LogP contribution in [0.15, 0.2) is 53.2 Å². The SMILES string of the molecule is Cc1cc(NC(=O)Cc2csc(-c3cccs3)n2)n(-c2ccc([N+](=O)[O-])cc2)n1. The Hall–Kier alpha value is -3.37. The molecule has 0 aliphatic rings. The van der Waals surface area contributed by atoms with Crippen LogP contribution in [0.4, 0.5) is 11.5 Å². The predicted octanol–water partition coefficient (Wildman–Crippen LogP) is 4.46. The van der Waals surface area contributed by atoms with Crippen LogP contribution in [-0.4, -0.2) is 25.6 Å². The maximum atomic E-state index is 12.5. The van der Waals surface area contributed by atoms with Gasteiger partial charge in [0.2, 0.25) is 5.91 Å². The quantitative estimate of drug-likeness (QED) is 0.363. The van der Waals surface area contributed by atoms with Crippen molar-refractivity contribution in [2.45, 2.75) is 13.3 Å². The summed E-state index contributed by atoms with van der Waals surface area (Å²) in [6.45, 7) is 1.81. The first-order valence-electron chi connectivity index (χ1n) is 8.59. The van der Waals surface area contributed by atoms with Gasteiger partial charge in [-0.1, -0.05) is 6.07 Å². The van der Waals surface area contributed by atoms with E-state index in [2.05, 4.69) is 15.4 Å². The minimum Gasteiger partial charge on any atom is -0.310 e. The van der Waals surface area contributed by atoms with Crippen LogP contribution >= 0.6 is 22.7 Å². The Kier molecular flexibility index (Phi) is 5.19. The number of nitrogens with zero attached hydrogens (tertiary/aromatic N) is 4. The number of rotatable bonds is 6. The van der Waals surface area contributed by atoms with Gasteiger partial charge >= 0.3 is 0 Å². The number of aromatic nitrogens is 3. The van der Waals surface area contributed by atoms with Gasteiger partial charge in [0.05, 0.1) is 33.3 Å². The average molecular weight is 425 g/mol. The molecular formula is C19H15N5O3S2. The molecule has 0 atom stereocenters. The molecule has 4 aromatic rings. The van der Waals surface area contributed by atoms with E-state index in [1.807, 2.05) is 29.8 Å². The maximum absolute atomic E-state index is 12.5. The maximum Gasteiger partial charge on any atom is 0.269 e. The van der Waals surface area contributed by atoms with E-state index in [-0.39, 0.29) is 18.0 Å². The molecule has 1 N–H and O–H groups in total. The minimum atomic E-state index is -0.459. The molecule has 3 aromatic heterocycles. The molecule has 0 saturated heterocycles. The second-order valence-electron chi connectivity index (χ2n) is 6.20. The second kappa shape index (κ2) is 7.94. The van der Waals surface area contributed by atoms with Gasteiger partial charge in [-0.3, -0.25) is 14.9 Å². The van der Waals surface area contributed by atoms with Crippen LogP contribution in [0, 0.1) is 17.0 Å². The summed E-state index contributed by atoms with van der Waals surface area (Å²) in [5.74, 6) is 0.283. The first-order valence-corrected chi connectivity index (χ1v) is 10.3. The third kappa shape index (κ3) is 4.23. The van der Waals surface area contributed by atoms with Crippen molar-refractivity contribution in [1.82, 2.24) is 14.8 Å². The number of thiophene rings is 1. The number of benzene rings is 1. The number of nitrogens with one attached hydrogen (secondary N) is 1. The van der Waals surface area contributed by atoms with Gasteiger partial charge in [-0.15, -0.1) is 22.7 Å². The number of nitro groups is 1. The van der Waals surface area contributed by atoms with Crippen LogP contribution in [0.2, 0.25) is 0 Å². The highest BCUT2D eigenvalue weighted by Crippen LogP contribution is 2.28. The highest BCUT2D eigenvalue weighted by molar-refractivity contribution is 7.20. The summed E-state index contributed by atoms with van der Waals surface area (Å²) in [7, 11) is 0. The van der Waals surface area contributed by atoms with Crippen LogP contribution in [0.25, 0.3) is 15.6 Å². The van der Waals surface area contributed by atoms with Crippen molar-refractivity contribution >= 4 is 40.1 Å². The third-order valence-electron chi connectivity index (χ3n) is 4.03. The van der Waals surface area contributed by atoms with Crippen molar-refractivity contribution < 1.29 is 9.72 Å². The van der Waals surface area contributed by atoms with Crippen molar-refractivity contribution in [3.05, 3.63) is 74.7 Å². The molecule has 0 unspecified atom stereocenters. The van der Waals surface area contributed by atoms with E-state index >= 15 is 0 Å². The summed E-state index contributed by atoms with van der Waals surface area (Å²) >= 11 is 3.12. The van der Waals surface area contributed by atoms with Crippen LogP contribution in [-0.2, 0) is 11.2 Å². The Bertz CT molecular complexity index is 1160. The van der Waals surface area contributed by atoms with E-state index in [0.717, 1.165) is 9.88 Å². The molecule has 10 heteroatoms. The van der Waals surface area contributed by atoms with Crippen molar-refractivity contribution in [2.75, 3.05) is 5.32 Å². The van der Waals surface area contributed by atoms with Crippen LogP contribution < -0.4 is 5.32 Å². The van der Waals surface area contributed by atoms with E-state index in [1.165, 1.54) is 23.5 Å². The fourth-order valence-corrected chi connectivity index (χ4v) is 4.39. The Labute approximate surface area is 173 Å². The largest absolute Gasteiger partial charge is 0.310 e. The number of thiazole rings is 1. The highest BCUT2D eigenvalue weighted by Gasteiger charge is 2.14. The average Bonchev–Trinajstić information content (AvgIpc) is 3.43. The van der Waals surface area contributed by atoms with Gasteiger partial charge in [0, 0.05) is 23.6 Å². The molecular weight excluding hydrogens is 410 g/mol. The van der Waals surface area contributed by atoms with Gasteiger partial charge in [0.25, 0.3) is 5.69 Å². The monoisotopic (exact) mass is 425 g/mol. The van der Waals surface area contributed by atoms with E-state index in [9.17, 15) is 14.9 Å². The van der Waals surface area contributed by atoms with Crippen molar-refractivity contribution in [2.24, 2.45) is 0 Å². The molecule has 1 aromatic carbocycles. The zero-order valence-electron chi connectivity index (χ0n) is 15.2. The van der Waals surface area contributed by atoms with E-state index in [1.54, 1.807) is 34.2 Å². The lowest BCUT2D eigenvalue weighted by atomic mass is 10.3. The van der Waals surface area contributed by atoms with Gasteiger partial charge in [0.1, 0.15) is 10.8 Å². The third-order valence-corrected chi connectivity index (χ3v) is 5.96. The normalized spacial score (nSPS) is 10.8. The molecule has 4 rings (SSSR count). The van der Waals surface area contributed by atoms with Gasteiger partial charge < -0.3 is 5.32 Å². The summed E-state index contributed by atoms with van der Waals surface area (Å²) in [6, 6.07) is 11.7. The fraction of sp³-hybridized carbons (Fsp3) is 0.105. The molecule has 1 amide bonds. The Morgan fingerprint density at radius 1 is 1.24 bits per heavy atom. The molecule has 0 aliphatic carbocycles. The van der Waals surface area contributed by atoms with Gasteiger partial charge in [-0.2, -0.15) is 5.10 Å². The van der Waals surface area contributed by atoms with E-state index in [4.69, 9.17) is 0 Å². The number of anilines is 1. The lowest BCUT2D eigenvalue weighted by Crippen LogP contribution is -2.17. The number of carbonyl (C=O) groups excluding carboxylic acids is 1. The fourth-order valence-electron chi connectivity index (χ4n) is 2.75. The first-order chi connectivity index (χ1) is 14.0. The summed E-state index contributed by atoms with van der Waals surface area (Å²) in [5, 5.41) is 22.8. The molecule has 0 spiro atoms. The molecule has 0 saturated carbocycles. The Balaban J connectivity index is 1.49. The van der Waals surface area contributed by atoms with Crippen molar-refractivity contribution in [3.63, 3.8) is 0 Å². The van der Waals surface area contributed by atoms with E-state index < -0.39 is 4.92 Å². The smallest absolute Gasteiger partial charge is 0.269 e. The van der Waals surface area contributed by atoms with Gasteiger partial charge in [-0.05, 0) is 30.5 Å². The lowest BCUT2D eigenvalue weighted by molar-refractivity contribution is -0.384. The molecule has 3 heterocycles. The second-order valence-corrected chi connectivity index (χ2v) is 8.01. The van der Waals surface area contributed by atoms with Crippen LogP contribution in [0.1, 0.15) is 11.4 Å². The van der Waals surface area contributed by atoms with Crippen molar-refractivity contribution in [1.29, 1.82) is 0 Å². The number of nitro benzene ring substituents is 1. The van der Waals surface area contributed by atoms with Crippen molar-refractivity contribution in [3.8, 4) is 15.6 Å². The Morgan fingerprint density at radius 2 is 2.03 bits per heavy atom. The Morgan fingerprint density at radius 3 is 2.72 bits per heavy atom. The molecule has 0 bridgehead atoms. The molecule has 0 aliphatic heterocycles. The summed E-state index contributed by atoms with van der Waals surface area (Å²) in [4.78, 5) is 28.5. The summed E-state index contributed by atoms with van der Waals surface area (Å²) < 4.78 is 1.55. The number of hydrogen-bond donors (Lipinski definition) is 1. The summed E-state index contributed by atoms with van der Waals surface area (Å²) in [5.41, 5.74) is 2.03. The van der Waals surface area contributed by atoms with Crippen LogP contribution in [0.3, 0.4) is 0 Å². The number of carbonyl (C=O) groups is 1. The molecule has 0 radical (unpaired) electrons. The topological polar surface area (TPSA) is 103 Å². The molecule has 29 heavy (non-hydrogen) atoms. The number of non-ortho nitro benzene ring substituents is 1. The highest BCUT2D eigenvalue weighted by atomic mass is 32.1. The molecule has 146 valence electrons. The lowest BCUT2D eigenvalue weighted by Gasteiger charge is -2.08. The number of aryl methyl sites for hydroxylation is 1. The zero-order chi connectivity index (χ0) is 20.4.